The Kier molecular flexibility index (Phi) is 8.40. The van der Waals surface area contributed by atoms with Crippen molar-refractivity contribution in [2.45, 2.75) is 44.6 Å². The molecule has 4 heteroatoms. The molecule has 0 N–H and O–H groups in total. The Morgan fingerprint density at radius 2 is 1.54 bits per heavy atom. The molecule has 138 valence electrons. The second kappa shape index (κ2) is 11.1. The number of hydrogen-bond acceptors (Lipinski definition) is 4. The third kappa shape index (κ3) is 7.09. The van der Waals surface area contributed by atoms with Crippen molar-refractivity contribution in [3.05, 3.63) is 71.8 Å². The van der Waals surface area contributed by atoms with Crippen molar-refractivity contribution in [2.75, 3.05) is 7.11 Å². The Bertz CT molecular complexity index is 667. The first kappa shape index (κ1) is 19.7. The van der Waals surface area contributed by atoms with Gasteiger partial charge in [-0.2, -0.15) is 0 Å². The summed E-state index contributed by atoms with van der Waals surface area (Å²) in [6.45, 7) is 0.295. The van der Waals surface area contributed by atoms with E-state index < -0.39 is 0 Å². The van der Waals surface area contributed by atoms with Gasteiger partial charge in [0.25, 0.3) is 0 Å². The smallest absolute Gasteiger partial charge is 0.306 e. The highest BCUT2D eigenvalue weighted by molar-refractivity contribution is 5.70. The molecule has 26 heavy (non-hydrogen) atoms. The molecule has 0 fully saturated rings. The predicted molar refractivity (Wildman–Crippen MR) is 101 cm³/mol. The third-order valence-corrected chi connectivity index (χ3v) is 4.34. The molecule has 0 saturated heterocycles. The van der Waals surface area contributed by atoms with Crippen molar-refractivity contribution < 1.29 is 19.1 Å². The van der Waals surface area contributed by atoms with Crippen molar-refractivity contribution in [1.82, 2.24) is 0 Å². The van der Waals surface area contributed by atoms with Crippen LogP contribution in [0.5, 0.6) is 0 Å². The van der Waals surface area contributed by atoms with Crippen molar-refractivity contribution in [1.29, 1.82) is 0 Å². The zero-order valence-electron chi connectivity index (χ0n) is 15.2. The van der Waals surface area contributed by atoms with Gasteiger partial charge in [-0.1, -0.05) is 67.1 Å². The highest BCUT2D eigenvalue weighted by atomic mass is 16.5. The van der Waals surface area contributed by atoms with Crippen LogP contribution in [0.25, 0.3) is 0 Å². The monoisotopic (exact) mass is 354 g/mol. The fraction of sp³-hybridized carbons (Fsp3) is 0.364. The topological polar surface area (TPSA) is 52.6 Å². The molecule has 4 nitrogen and oxygen atoms in total. The van der Waals surface area contributed by atoms with Crippen LogP contribution in [0.3, 0.4) is 0 Å². The summed E-state index contributed by atoms with van der Waals surface area (Å²) in [4.78, 5) is 23.5. The molecule has 0 spiro atoms. The lowest BCUT2D eigenvalue weighted by molar-refractivity contribution is -0.145. The van der Waals surface area contributed by atoms with E-state index in [2.05, 4.69) is 4.74 Å². The van der Waals surface area contributed by atoms with E-state index in [0.29, 0.717) is 19.4 Å². The molecule has 2 aromatic carbocycles. The maximum absolute atomic E-state index is 12.3. The molecule has 1 atom stereocenters. The van der Waals surface area contributed by atoms with E-state index in [9.17, 15) is 9.59 Å². The Balaban J connectivity index is 1.86. The molecule has 0 bridgehead atoms. The first-order valence-corrected chi connectivity index (χ1v) is 9.00. The number of unbranched alkanes of at least 4 members (excludes halogenated alkanes) is 1. The lowest BCUT2D eigenvalue weighted by Gasteiger charge is -2.17. The Morgan fingerprint density at radius 3 is 2.19 bits per heavy atom. The largest absolute Gasteiger partial charge is 0.469 e. The van der Waals surface area contributed by atoms with Gasteiger partial charge in [0.05, 0.1) is 13.5 Å². The maximum atomic E-state index is 12.3. The summed E-state index contributed by atoms with van der Waals surface area (Å²) in [6.07, 6.45) is 3.21. The first-order valence-electron chi connectivity index (χ1n) is 9.00. The molecule has 0 aliphatic heterocycles. The average Bonchev–Trinajstić information content (AvgIpc) is 2.70. The van der Waals surface area contributed by atoms with Gasteiger partial charge >= 0.3 is 11.9 Å². The second-order valence-electron chi connectivity index (χ2n) is 6.28. The van der Waals surface area contributed by atoms with E-state index >= 15 is 0 Å². The van der Waals surface area contributed by atoms with Gasteiger partial charge in [-0.25, -0.2) is 0 Å². The highest BCUT2D eigenvalue weighted by Crippen LogP contribution is 2.26. The average molecular weight is 354 g/mol. The van der Waals surface area contributed by atoms with Crippen LogP contribution in [0, 0.1) is 0 Å². The summed E-state index contributed by atoms with van der Waals surface area (Å²) in [6, 6.07) is 19.7. The van der Waals surface area contributed by atoms with E-state index in [1.54, 1.807) is 0 Å². The van der Waals surface area contributed by atoms with Crippen LogP contribution >= 0.6 is 0 Å². The minimum atomic E-state index is -0.198. The lowest BCUT2D eigenvalue weighted by Crippen LogP contribution is -2.11. The van der Waals surface area contributed by atoms with E-state index in [1.807, 2.05) is 60.7 Å². The summed E-state index contributed by atoms with van der Waals surface area (Å²) >= 11 is 0. The second-order valence-corrected chi connectivity index (χ2v) is 6.28. The van der Waals surface area contributed by atoms with Crippen LogP contribution in [0.15, 0.2) is 60.7 Å². The number of rotatable bonds is 10. The number of ether oxygens (including phenoxy) is 2. The molecule has 0 amide bonds. The molecule has 2 rings (SSSR count). The molecule has 0 saturated carbocycles. The van der Waals surface area contributed by atoms with E-state index in [0.717, 1.165) is 30.4 Å². The molecule has 0 aliphatic rings. The first-order chi connectivity index (χ1) is 12.7. The van der Waals surface area contributed by atoms with Gasteiger partial charge in [-0.15, -0.1) is 0 Å². The van der Waals surface area contributed by atoms with Crippen LogP contribution in [0.2, 0.25) is 0 Å². The van der Waals surface area contributed by atoms with Gasteiger partial charge in [0.2, 0.25) is 0 Å². The van der Waals surface area contributed by atoms with Gasteiger partial charge < -0.3 is 9.47 Å². The molecule has 0 aliphatic carbocycles. The Labute approximate surface area is 155 Å². The summed E-state index contributed by atoms with van der Waals surface area (Å²) in [5.41, 5.74) is 2.11. The number of carbonyl (C=O) groups is 2. The van der Waals surface area contributed by atoms with Crippen molar-refractivity contribution >= 4 is 11.9 Å². The van der Waals surface area contributed by atoms with Crippen molar-refractivity contribution in [3.8, 4) is 0 Å². The number of benzene rings is 2. The summed E-state index contributed by atoms with van der Waals surface area (Å²) in [5, 5.41) is 0. The fourth-order valence-electron chi connectivity index (χ4n) is 2.87. The van der Waals surface area contributed by atoms with Crippen LogP contribution < -0.4 is 0 Å². The molecule has 0 heterocycles. The SMILES string of the molecule is COC(=O)CCCCC(CC(=O)OCc1ccccc1)c1ccccc1. The predicted octanol–water partition coefficient (Wildman–Crippen LogP) is 4.64. The van der Waals surface area contributed by atoms with Crippen LogP contribution in [-0.4, -0.2) is 19.0 Å². The van der Waals surface area contributed by atoms with Gasteiger partial charge in [-0.3, -0.25) is 9.59 Å². The third-order valence-electron chi connectivity index (χ3n) is 4.34. The molecule has 2 aromatic rings. The number of hydrogen-bond donors (Lipinski definition) is 0. The lowest BCUT2D eigenvalue weighted by atomic mass is 9.90. The summed E-state index contributed by atoms with van der Waals surface area (Å²) < 4.78 is 10.1. The van der Waals surface area contributed by atoms with Gasteiger partial charge in [0.15, 0.2) is 0 Å². The minimum Gasteiger partial charge on any atom is -0.469 e. The molecular formula is C22H26O4. The van der Waals surface area contributed by atoms with Crippen LogP contribution in [-0.2, 0) is 25.7 Å². The summed E-state index contributed by atoms with van der Waals surface area (Å²) in [7, 11) is 1.40. The van der Waals surface area contributed by atoms with E-state index in [1.165, 1.54) is 7.11 Å². The van der Waals surface area contributed by atoms with Gasteiger partial charge in [0, 0.05) is 6.42 Å². The van der Waals surface area contributed by atoms with Crippen LogP contribution in [0.1, 0.15) is 49.1 Å². The highest BCUT2D eigenvalue weighted by Gasteiger charge is 2.17. The van der Waals surface area contributed by atoms with Crippen molar-refractivity contribution in [3.63, 3.8) is 0 Å². The summed E-state index contributed by atoms with van der Waals surface area (Å²) in [5.74, 6) is -0.295. The number of carbonyl (C=O) groups excluding carboxylic acids is 2. The van der Waals surface area contributed by atoms with Crippen molar-refractivity contribution in [2.24, 2.45) is 0 Å². The van der Waals surface area contributed by atoms with E-state index in [4.69, 9.17) is 4.74 Å². The van der Waals surface area contributed by atoms with Gasteiger partial charge in [-0.05, 0) is 29.9 Å². The zero-order chi connectivity index (χ0) is 18.6. The van der Waals surface area contributed by atoms with Crippen LogP contribution in [0.4, 0.5) is 0 Å². The molecule has 0 radical (unpaired) electrons. The molecule has 0 aromatic heterocycles. The molecular weight excluding hydrogens is 328 g/mol. The zero-order valence-corrected chi connectivity index (χ0v) is 15.2. The Morgan fingerprint density at radius 1 is 0.885 bits per heavy atom. The Hall–Kier alpha value is -2.62. The normalized spacial score (nSPS) is 11.6. The molecule has 1 unspecified atom stereocenters. The van der Waals surface area contributed by atoms with Gasteiger partial charge in [0.1, 0.15) is 6.61 Å². The number of methoxy groups -OCH3 is 1. The standard InChI is InChI=1S/C22H26O4/c1-25-21(23)15-9-8-14-20(19-12-6-3-7-13-19)16-22(24)26-17-18-10-4-2-5-11-18/h2-7,10-13,20H,8-9,14-17H2,1H3. The maximum Gasteiger partial charge on any atom is 0.306 e. The van der Waals surface area contributed by atoms with E-state index in [-0.39, 0.29) is 17.9 Å². The minimum absolute atomic E-state index is 0.0946. The quantitative estimate of drug-likeness (QED) is 0.461. The fourth-order valence-corrected chi connectivity index (χ4v) is 2.87. The number of esters is 2.